The van der Waals surface area contributed by atoms with Gasteiger partial charge in [0.25, 0.3) is 0 Å². The Kier molecular flexibility index (Phi) is 5.22. The van der Waals surface area contributed by atoms with Crippen molar-refractivity contribution in [3.63, 3.8) is 0 Å². The Balaban J connectivity index is 1.63. The van der Waals surface area contributed by atoms with Crippen molar-refractivity contribution in [1.82, 2.24) is 0 Å². The molecule has 0 bridgehead atoms. The van der Waals surface area contributed by atoms with Gasteiger partial charge in [-0.3, -0.25) is 9.59 Å². The van der Waals surface area contributed by atoms with Crippen LogP contribution in [-0.2, 0) is 19.1 Å². The molecule has 3 fully saturated rings. The van der Waals surface area contributed by atoms with E-state index in [-0.39, 0.29) is 35.1 Å². The lowest BCUT2D eigenvalue weighted by Crippen LogP contribution is -2.69. The molecule has 0 aromatic rings. The normalized spacial score (nSPS) is 45.3. The number of methoxy groups -OCH3 is 1. The largest absolute Gasteiger partial charge is 0.463 e. The Bertz CT molecular complexity index is 729. The number of fused-ring (bicyclic) bond motifs is 5. The van der Waals surface area contributed by atoms with Crippen molar-refractivity contribution in [1.29, 1.82) is 0 Å². The van der Waals surface area contributed by atoms with Crippen LogP contribution in [0.15, 0.2) is 11.6 Å². The predicted molar refractivity (Wildman–Crippen MR) is 109 cm³/mol. The maximum Gasteiger partial charge on any atom is 0.302 e. The molecule has 5 nitrogen and oxygen atoms in total. The Labute approximate surface area is 174 Å². The van der Waals surface area contributed by atoms with Crippen LogP contribution in [-0.4, -0.2) is 41.3 Å². The van der Waals surface area contributed by atoms with E-state index in [0.717, 1.165) is 44.9 Å². The highest BCUT2D eigenvalue weighted by molar-refractivity contribution is 5.91. The third-order valence-corrected chi connectivity index (χ3v) is 9.14. The summed E-state index contributed by atoms with van der Waals surface area (Å²) in [4.78, 5) is 23.4. The number of hydrogen-bond donors (Lipinski definition) is 1. The zero-order valence-corrected chi connectivity index (χ0v) is 18.3. The van der Waals surface area contributed by atoms with Crippen molar-refractivity contribution >= 4 is 11.8 Å². The van der Waals surface area contributed by atoms with Gasteiger partial charge in [-0.25, -0.2) is 0 Å². The zero-order chi connectivity index (χ0) is 21.0. The summed E-state index contributed by atoms with van der Waals surface area (Å²) in [6.07, 6.45) is 9.19. The first kappa shape index (κ1) is 21.0. The lowest BCUT2D eigenvalue weighted by atomic mass is 9.44. The molecular formula is C24H36O5. The third kappa shape index (κ3) is 3.11. The first-order chi connectivity index (χ1) is 13.6. The zero-order valence-electron chi connectivity index (χ0n) is 18.3. The molecule has 4 aliphatic carbocycles. The van der Waals surface area contributed by atoms with Gasteiger partial charge in [0.05, 0.1) is 11.2 Å². The smallest absolute Gasteiger partial charge is 0.302 e. The number of carbonyl (C=O) groups is 2. The third-order valence-electron chi connectivity index (χ3n) is 9.14. The van der Waals surface area contributed by atoms with Crippen LogP contribution in [0.1, 0.15) is 78.6 Å². The average molecular weight is 405 g/mol. The summed E-state index contributed by atoms with van der Waals surface area (Å²) < 4.78 is 11.6. The van der Waals surface area contributed by atoms with Gasteiger partial charge in [0, 0.05) is 20.5 Å². The van der Waals surface area contributed by atoms with E-state index in [4.69, 9.17) is 9.47 Å². The number of allylic oxidation sites excluding steroid dienone is 2. The molecule has 0 heterocycles. The van der Waals surface area contributed by atoms with E-state index in [1.165, 1.54) is 12.5 Å². The Morgan fingerprint density at radius 2 is 1.93 bits per heavy atom. The van der Waals surface area contributed by atoms with Gasteiger partial charge in [0.1, 0.15) is 6.10 Å². The molecule has 7 atom stereocenters. The van der Waals surface area contributed by atoms with Gasteiger partial charge in [-0.05, 0) is 87.5 Å². The average Bonchev–Trinajstić information content (AvgIpc) is 2.67. The quantitative estimate of drug-likeness (QED) is 0.721. The van der Waals surface area contributed by atoms with Crippen LogP contribution < -0.4 is 0 Å². The fraction of sp³-hybridized carbons (Fsp3) is 0.833. The van der Waals surface area contributed by atoms with Crippen molar-refractivity contribution in [3.8, 4) is 0 Å². The van der Waals surface area contributed by atoms with Crippen molar-refractivity contribution in [3.05, 3.63) is 11.6 Å². The van der Waals surface area contributed by atoms with E-state index in [0.29, 0.717) is 18.8 Å². The Hall–Kier alpha value is -1.20. The van der Waals surface area contributed by atoms with E-state index < -0.39 is 11.2 Å². The van der Waals surface area contributed by atoms with Crippen LogP contribution in [0, 0.1) is 23.2 Å². The number of carbonyl (C=O) groups excluding carboxylic acids is 2. The van der Waals surface area contributed by atoms with Gasteiger partial charge in [-0.1, -0.05) is 12.5 Å². The predicted octanol–water partition coefficient (Wildman–Crippen LogP) is 3.97. The second-order valence-corrected chi connectivity index (χ2v) is 10.3. The number of aliphatic hydroxyl groups is 1. The van der Waals surface area contributed by atoms with Gasteiger partial charge in [0.15, 0.2) is 5.78 Å². The Morgan fingerprint density at radius 3 is 2.62 bits per heavy atom. The van der Waals surface area contributed by atoms with Crippen LogP contribution in [0.4, 0.5) is 0 Å². The van der Waals surface area contributed by atoms with Gasteiger partial charge < -0.3 is 14.6 Å². The second-order valence-electron chi connectivity index (χ2n) is 10.3. The van der Waals surface area contributed by atoms with Gasteiger partial charge >= 0.3 is 5.97 Å². The topological polar surface area (TPSA) is 72.8 Å². The standard InChI is InChI=1S/C24H36O5/c1-15(29-16(2)25)17-7-12-24(27)21-6-5-18-13-19(26)8-10-22(18,3)20(21)9-11-23(24,14-17)28-4/h13,15,17,20-21,27H,5-12,14H2,1-4H3/t15?,17-,20-,21+,22-,23-,24+/m0/s1. The molecule has 4 rings (SSSR count). The van der Waals surface area contributed by atoms with Crippen LogP contribution in [0.5, 0.6) is 0 Å². The number of hydrogen-bond acceptors (Lipinski definition) is 5. The first-order valence-electron chi connectivity index (χ1n) is 11.3. The number of ether oxygens (including phenoxy) is 2. The molecule has 3 saturated carbocycles. The van der Waals surface area contributed by atoms with Crippen molar-refractivity contribution < 1.29 is 24.2 Å². The number of esters is 1. The molecule has 4 aliphatic rings. The molecule has 1 unspecified atom stereocenters. The summed E-state index contributed by atoms with van der Waals surface area (Å²) >= 11 is 0. The summed E-state index contributed by atoms with van der Waals surface area (Å²) in [5, 5.41) is 12.2. The SMILES string of the molecule is CO[C@]12CC[C@H]3[C@@H](CCC4=CC(=O)CC[C@@]43C)[C@]1(O)CC[C@H](C(C)OC(C)=O)C2. The molecule has 0 aromatic heterocycles. The highest BCUT2D eigenvalue weighted by Crippen LogP contribution is 2.64. The van der Waals surface area contributed by atoms with Crippen molar-refractivity contribution in [2.75, 3.05) is 7.11 Å². The molecule has 0 aliphatic heterocycles. The second kappa shape index (κ2) is 7.19. The molecule has 0 saturated heterocycles. The fourth-order valence-electron chi connectivity index (χ4n) is 7.49. The molecule has 29 heavy (non-hydrogen) atoms. The molecule has 0 radical (unpaired) electrons. The molecule has 1 N–H and O–H groups in total. The lowest BCUT2D eigenvalue weighted by Gasteiger charge is -2.64. The van der Waals surface area contributed by atoms with E-state index in [2.05, 4.69) is 6.92 Å². The Morgan fingerprint density at radius 1 is 1.17 bits per heavy atom. The van der Waals surface area contributed by atoms with Gasteiger partial charge in [-0.2, -0.15) is 0 Å². The van der Waals surface area contributed by atoms with Crippen LogP contribution >= 0.6 is 0 Å². The molecule has 0 aromatic carbocycles. The number of ketones is 1. The molecule has 0 spiro atoms. The first-order valence-corrected chi connectivity index (χ1v) is 11.3. The molecule has 162 valence electrons. The summed E-state index contributed by atoms with van der Waals surface area (Å²) in [6.45, 7) is 5.73. The highest BCUT2D eigenvalue weighted by Gasteiger charge is 2.66. The van der Waals surface area contributed by atoms with E-state index in [1.54, 1.807) is 7.11 Å². The monoisotopic (exact) mass is 404 g/mol. The summed E-state index contributed by atoms with van der Waals surface area (Å²) in [5.41, 5.74) is -0.102. The summed E-state index contributed by atoms with van der Waals surface area (Å²) in [5.74, 6) is 0.803. The maximum absolute atomic E-state index is 12.2. The fourth-order valence-corrected chi connectivity index (χ4v) is 7.49. The van der Waals surface area contributed by atoms with E-state index >= 15 is 0 Å². The van der Waals surface area contributed by atoms with Crippen LogP contribution in [0.2, 0.25) is 0 Å². The molecule has 5 heteroatoms. The van der Waals surface area contributed by atoms with E-state index in [9.17, 15) is 14.7 Å². The van der Waals surface area contributed by atoms with Crippen LogP contribution in [0.3, 0.4) is 0 Å². The molecular weight excluding hydrogens is 368 g/mol. The van der Waals surface area contributed by atoms with Crippen molar-refractivity contribution in [2.24, 2.45) is 23.2 Å². The minimum absolute atomic E-state index is 0.0222. The van der Waals surface area contributed by atoms with Crippen molar-refractivity contribution in [2.45, 2.75) is 95.9 Å². The minimum Gasteiger partial charge on any atom is -0.463 e. The minimum atomic E-state index is -0.854. The van der Waals surface area contributed by atoms with Gasteiger partial charge in [0.2, 0.25) is 0 Å². The van der Waals surface area contributed by atoms with Gasteiger partial charge in [-0.15, -0.1) is 0 Å². The summed E-state index contributed by atoms with van der Waals surface area (Å²) in [7, 11) is 1.74. The van der Waals surface area contributed by atoms with E-state index in [1.807, 2.05) is 13.0 Å². The van der Waals surface area contributed by atoms with Crippen LogP contribution in [0.25, 0.3) is 0 Å². The lowest BCUT2D eigenvalue weighted by molar-refractivity contribution is -0.271. The maximum atomic E-state index is 12.2. The highest BCUT2D eigenvalue weighted by atomic mass is 16.5. The summed E-state index contributed by atoms with van der Waals surface area (Å²) in [6, 6.07) is 0. The molecule has 0 amide bonds. The number of rotatable bonds is 3.